The van der Waals surface area contributed by atoms with Gasteiger partial charge in [0, 0.05) is 61.6 Å². The molecule has 2 bridgehead atoms. The number of thiazole rings is 1. The number of nitrogens with zero attached hydrogens (tertiary/aromatic N) is 5. The van der Waals surface area contributed by atoms with Crippen molar-refractivity contribution in [1.29, 1.82) is 5.26 Å². The molecule has 2 aromatic carbocycles. The highest BCUT2D eigenvalue weighted by molar-refractivity contribution is 7.09. The zero-order chi connectivity index (χ0) is 39.8. The van der Waals surface area contributed by atoms with Crippen LogP contribution < -0.4 is 16.0 Å². The first kappa shape index (κ1) is 40.1. The predicted molar refractivity (Wildman–Crippen MR) is 206 cm³/mol. The summed E-state index contributed by atoms with van der Waals surface area (Å²) in [5.74, 6) is -3.10. The molecule has 0 saturated heterocycles. The Morgan fingerprint density at radius 2 is 1.67 bits per heavy atom. The third kappa shape index (κ3) is 10.1. The van der Waals surface area contributed by atoms with Crippen LogP contribution in [0.2, 0.25) is 0 Å². The summed E-state index contributed by atoms with van der Waals surface area (Å²) >= 11 is 1.18. The lowest BCUT2D eigenvalue weighted by Gasteiger charge is -2.28. The smallest absolute Gasteiger partial charge is 0.271 e. The summed E-state index contributed by atoms with van der Waals surface area (Å²) in [6, 6.07) is 13.0. The minimum atomic E-state index is -1.09. The molecule has 2 aromatic heterocycles. The monoisotopic (exact) mass is 767 g/mol. The van der Waals surface area contributed by atoms with Crippen molar-refractivity contribution in [3.05, 3.63) is 87.5 Å². The fourth-order valence-electron chi connectivity index (χ4n) is 6.39. The molecule has 0 aliphatic carbocycles. The van der Waals surface area contributed by atoms with E-state index in [1.165, 1.54) is 53.1 Å². The number of nitriles is 1. The number of para-hydroxylation sites is 1. The average Bonchev–Trinajstić information content (AvgIpc) is 3.82. The quantitative estimate of drug-likeness (QED) is 0.238. The molecule has 0 fully saturated rings. The number of benzene rings is 2. The van der Waals surface area contributed by atoms with E-state index in [1.54, 1.807) is 29.8 Å². The van der Waals surface area contributed by atoms with Crippen LogP contribution in [0, 0.1) is 17.2 Å². The van der Waals surface area contributed by atoms with Crippen LogP contribution in [0.4, 0.5) is 0 Å². The van der Waals surface area contributed by atoms with Crippen LogP contribution in [0.1, 0.15) is 70.2 Å². The van der Waals surface area contributed by atoms with E-state index in [2.05, 4.69) is 25.9 Å². The van der Waals surface area contributed by atoms with Crippen molar-refractivity contribution in [1.82, 2.24) is 40.6 Å². The summed E-state index contributed by atoms with van der Waals surface area (Å²) in [5, 5.41) is 20.8. The van der Waals surface area contributed by atoms with Crippen LogP contribution in [0.15, 0.2) is 60.1 Å². The van der Waals surface area contributed by atoms with Gasteiger partial charge in [0.1, 0.15) is 22.8 Å². The SMILES string of the molecule is CC(C)C[C@@H]1NC(=O)CN(C(=O)c2cccc(C#N)c2)CCN(C)C(=O)[C@H](C)NC(=O)CN(C)C(=O)[C@@H](Cc2c[nH]c3ccccc23)NC(=O)c2csc1n2. The summed E-state index contributed by atoms with van der Waals surface area (Å²) in [6.45, 7) is 4.68. The van der Waals surface area contributed by atoms with Gasteiger partial charge in [-0.3, -0.25) is 28.8 Å². The predicted octanol–water partition coefficient (Wildman–Crippen LogP) is 2.62. The normalized spacial score (nSPS) is 19.8. The molecule has 3 atom stereocenters. The minimum absolute atomic E-state index is 0.0168. The molecule has 4 N–H and O–H groups in total. The molecule has 55 heavy (non-hydrogen) atoms. The number of fused-ring (bicyclic) bond motifs is 3. The van der Waals surface area contributed by atoms with Crippen molar-refractivity contribution < 1.29 is 28.8 Å². The third-order valence-corrected chi connectivity index (χ3v) is 10.2. The number of carbonyl (C=O) groups is 6. The van der Waals surface area contributed by atoms with Crippen LogP contribution in [-0.2, 0) is 25.6 Å². The second-order valence-electron chi connectivity index (χ2n) is 14.1. The number of amides is 6. The maximum absolute atomic E-state index is 13.9. The molecule has 1 aliphatic rings. The molecule has 16 heteroatoms. The highest BCUT2D eigenvalue weighted by atomic mass is 32.1. The lowest BCUT2D eigenvalue weighted by Crippen LogP contribution is -2.53. The maximum atomic E-state index is 13.9. The topological polar surface area (TPSA) is 201 Å². The van der Waals surface area contributed by atoms with E-state index < -0.39 is 60.1 Å². The molecule has 0 spiro atoms. The van der Waals surface area contributed by atoms with Gasteiger partial charge in [0.05, 0.1) is 30.8 Å². The van der Waals surface area contributed by atoms with Crippen LogP contribution in [0.5, 0.6) is 0 Å². The van der Waals surface area contributed by atoms with Gasteiger partial charge in [-0.1, -0.05) is 38.1 Å². The maximum Gasteiger partial charge on any atom is 0.271 e. The van der Waals surface area contributed by atoms with Crippen LogP contribution in [-0.4, -0.2) is 112 Å². The van der Waals surface area contributed by atoms with Gasteiger partial charge in [0.25, 0.3) is 11.8 Å². The Balaban J connectivity index is 1.47. The van der Waals surface area contributed by atoms with E-state index in [4.69, 9.17) is 0 Å². The Bertz CT molecular complexity index is 2120. The lowest BCUT2D eigenvalue weighted by molar-refractivity contribution is -0.138. The first-order chi connectivity index (χ1) is 26.2. The summed E-state index contributed by atoms with van der Waals surface area (Å²) in [5.41, 5.74) is 2.16. The molecule has 1 aliphatic heterocycles. The third-order valence-electron chi connectivity index (χ3n) is 9.24. The Labute approximate surface area is 323 Å². The molecule has 15 nitrogen and oxygen atoms in total. The zero-order valence-corrected chi connectivity index (χ0v) is 32.2. The van der Waals surface area contributed by atoms with Crippen molar-refractivity contribution in [3.63, 3.8) is 0 Å². The zero-order valence-electron chi connectivity index (χ0n) is 31.4. The molecule has 288 valence electrons. The van der Waals surface area contributed by atoms with Gasteiger partial charge < -0.3 is 35.6 Å². The molecule has 6 amide bonds. The molecule has 4 aromatic rings. The van der Waals surface area contributed by atoms with Crippen molar-refractivity contribution in [2.45, 2.75) is 51.7 Å². The highest BCUT2D eigenvalue weighted by Crippen LogP contribution is 2.26. The number of aromatic amines is 1. The molecule has 3 heterocycles. The Kier molecular flexibility index (Phi) is 13.0. The average molecular weight is 768 g/mol. The van der Waals surface area contributed by atoms with E-state index in [0.29, 0.717) is 11.4 Å². The summed E-state index contributed by atoms with van der Waals surface area (Å²) in [6.07, 6.45) is 2.36. The Hall–Kier alpha value is -6.08. The van der Waals surface area contributed by atoms with Crippen molar-refractivity contribution in [2.24, 2.45) is 5.92 Å². The molecule has 0 radical (unpaired) electrons. The van der Waals surface area contributed by atoms with Gasteiger partial charge >= 0.3 is 0 Å². The second-order valence-corrected chi connectivity index (χ2v) is 15.0. The summed E-state index contributed by atoms with van der Waals surface area (Å²) in [4.78, 5) is 93.3. The molecule has 0 unspecified atom stereocenters. The van der Waals surface area contributed by atoms with Gasteiger partial charge in [-0.2, -0.15) is 5.26 Å². The number of carbonyl (C=O) groups excluding carboxylic acids is 6. The highest BCUT2D eigenvalue weighted by Gasteiger charge is 2.31. The van der Waals surface area contributed by atoms with Gasteiger partial charge in [-0.25, -0.2) is 4.98 Å². The van der Waals surface area contributed by atoms with E-state index in [-0.39, 0.29) is 48.8 Å². The fourth-order valence-corrected chi connectivity index (χ4v) is 7.25. The van der Waals surface area contributed by atoms with E-state index in [9.17, 15) is 34.0 Å². The van der Waals surface area contributed by atoms with E-state index in [1.807, 2.05) is 44.2 Å². The number of nitrogens with one attached hydrogen (secondary N) is 4. The van der Waals surface area contributed by atoms with Gasteiger partial charge in [0.2, 0.25) is 23.6 Å². The molecular weight excluding hydrogens is 723 g/mol. The number of likely N-dealkylation sites (N-methyl/N-ethyl adjacent to an activating group) is 2. The second kappa shape index (κ2) is 17.8. The molecule has 5 rings (SSSR count). The number of rotatable bonds is 5. The number of hydrogen-bond acceptors (Lipinski definition) is 9. The number of H-pyrrole nitrogens is 1. The minimum Gasteiger partial charge on any atom is -0.361 e. The van der Waals surface area contributed by atoms with Gasteiger partial charge in [0.15, 0.2) is 0 Å². The van der Waals surface area contributed by atoms with Gasteiger partial charge in [-0.15, -0.1) is 11.3 Å². The largest absolute Gasteiger partial charge is 0.361 e. The van der Waals surface area contributed by atoms with Crippen LogP contribution in [0.25, 0.3) is 10.9 Å². The van der Waals surface area contributed by atoms with E-state index >= 15 is 0 Å². The van der Waals surface area contributed by atoms with Crippen molar-refractivity contribution >= 4 is 57.7 Å². The van der Waals surface area contributed by atoms with Crippen LogP contribution >= 0.6 is 11.3 Å². The number of aromatic nitrogens is 2. The summed E-state index contributed by atoms with van der Waals surface area (Å²) < 4.78 is 0. The fraction of sp³-hybridized carbons (Fsp3) is 0.385. The molecular formula is C39H45N9O6S. The Morgan fingerprint density at radius 3 is 2.42 bits per heavy atom. The standard InChI is InChI=1S/C39H45N9O6S/c1-23(2)15-30-36-45-32(22-55-36)35(51)44-31(17-27-19-41-29-12-7-6-11-28(27)29)39(54)47(5)20-33(49)42-24(3)37(52)46(4)13-14-48(21-34(50)43-30)38(53)26-10-8-9-25(16-26)18-40/h6-12,16,19,22-24,30-31,41H,13-15,17,20-21H2,1-5H3,(H,42,49)(H,43,50)(H,44,51)/t24-,30-,31+/m0/s1. The van der Waals surface area contributed by atoms with Crippen LogP contribution in [0.3, 0.4) is 0 Å². The number of hydrogen-bond donors (Lipinski definition) is 4. The lowest BCUT2D eigenvalue weighted by atomic mass is 10.0. The van der Waals surface area contributed by atoms with Gasteiger partial charge in [-0.05, 0) is 49.1 Å². The van der Waals surface area contributed by atoms with E-state index in [0.717, 1.165) is 16.5 Å². The first-order valence-electron chi connectivity index (χ1n) is 17.9. The van der Waals surface area contributed by atoms with Crippen molar-refractivity contribution in [2.75, 3.05) is 40.3 Å². The Morgan fingerprint density at radius 1 is 0.927 bits per heavy atom. The summed E-state index contributed by atoms with van der Waals surface area (Å²) in [7, 11) is 2.97. The van der Waals surface area contributed by atoms with Crippen molar-refractivity contribution in [3.8, 4) is 6.07 Å². The first-order valence-corrected chi connectivity index (χ1v) is 18.8. The molecule has 0 saturated carbocycles.